The number of pyridine rings is 1. The molecule has 0 fully saturated rings. The molecule has 3 aromatic rings. The Morgan fingerprint density at radius 1 is 1.31 bits per heavy atom. The lowest BCUT2D eigenvalue weighted by Crippen LogP contribution is -2.45. The third-order valence-corrected chi connectivity index (χ3v) is 4.74. The molecular weight excluding hydrogens is 328 g/mol. The van der Waals surface area contributed by atoms with Crippen LogP contribution < -0.4 is 9.64 Å². The van der Waals surface area contributed by atoms with E-state index in [2.05, 4.69) is 23.9 Å². The molecule has 2 aromatic heterocycles. The second kappa shape index (κ2) is 6.12. The molecule has 6 heteroatoms. The third kappa shape index (κ3) is 2.53. The lowest BCUT2D eigenvalue weighted by atomic mass is 10.1. The van der Waals surface area contributed by atoms with E-state index in [0.29, 0.717) is 17.9 Å². The van der Waals surface area contributed by atoms with E-state index in [-0.39, 0.29) is 18.0 Å². The van der Waals surface area contributed by atoms with Crippen LogP contribution in [0.1, 0.15) is 42.9 Å². The molecule has 0 radical (unpaired) electrons. The maximum Gasteiger partial charge on any atom is 0.260 e. The highest BCUT2D eigenvalue weighted by molar-refractivity contribution is 6.09. The van der Waals surface area contributed by atoms with Crippen molar-refractivity contribution in [1.29, 1.82) is 0 Å². The number of hydrogen-bond acceptors (Lipinski definition) is 4. The SMILES string of the molecule is Cc1nc2c(cnn2C(C)C)cc1C(=O)N1c2ccccc2OCC1C. The molecule has 0 spiro atoms. The number of ether oxygens (including phenoxy) is 1. The van der Waals surface area contributed by atoms with Crippen molar-refractivity contribution in [3.8, 4) is 5.75 Å². The molecule has 0 N–H and O–H groups in total. The van der Waals surface area contributed by atoms with Crippen molar-refractivity contribution in [2.24, 2.45) is 0 Å². The van der Waals surface area contributed by atoms with E-state index < -0.39 is 0 Å². The lowest BCUT2D eigenvalue weighted by Gasteiger charge is -2.35. The quantitative estimate of drug-likeness (QED) is 0.706. The van der Waals surface area contributed by atoms with Gasteiger partial charge < -0.3 is 4.74 Å². The number of aromatic nitrogens is 3. The summed E-state index contributed by atoms with van der Waals surface area (Å²) in [7, 11) is 0. The Morgan fingerprint density at radius 2 is 2.08 bits per heavy atom. The number of para-hydroxylation sites is 2. The Hall–Kier alpha value is -2.89. The lowest BCUT2D eigenvalue weighted by molar-refractivity contribution is 0.0960. The van der Waals surface area contributed by atoms with Gasteiger partial charge in [0.2, 0.25) is 0 Å². The van der Waals surface area contributed by atoms with Gasteiger partial charge in [-0.3, -0.25) is 9.69 Å². The molecular formula is C20H22N4O2. The number of rotatable bonds is 2. The van der Waals surface area contributed by atoms with E-state index in [1.807, 2.05) is 53.8 Å². The van der Waals surface area contributed by atoms with Crippen LogP contribution in [-0.4, -0.2) is 33.3 Å². The Labute approximate surface area is 152 Å². The molecule has 1 aliphatic heterocycles. The molecule has 1 amide bonds. The van der Waals surface area contributed by atoms with Crippen LogP contribution >= 0.6 is 0 Å². The van der Waals surface area contributed by atoms with E-state index in [0.717, 1.165) is 22.5 Å². The molecule has 4 rings (SSSR count). The molecule has 0 saturated carbocycles. The summed E-state index contributed by atoms with van der Waals surface area (Å²) in [6.07, 6.45) is 1.77. The molecule has 3 heterocycles. The summed E-state index contributed by atoms with van der Waals surface area (Å²) in [5, 5.41) is 5.29. The molecule has 1 unspecified atom stereocenters. The number of aryl methyl sites for hydroxylation is 1. The summed E-state index contributed by atoms with van der Waals surface area (Å²) in [5.41, 5.74) is 2.92. The van der Waals surface area contributed by atoms with Gasteiger partial charge in [-0.15, -0.1) is 0 Å². The van der Waals surface area contributed by atoms with Crippen molar-refractivity contribution >= 4 is 22.6 Å². The van der Waals surface area contributed by atoms with Crippen LogP contribution in [0.3, 0.4) is 0 Å². The van der Waals surface area contributed by atoms with Gasteiger partial charge in [0, 0.05) is 11.4 Å². The first kappa shape index (κ1) is 16.6. The number of benzene rings is 1. The number of fused-ring (bicyclic) bond motifs is 2. The molecule has 0 bridgehead atoms. The minimum atomic E-state index is -0.0579. The number of nitrogens with zero attached hydrogens (tertiary/aromatic N) is 4. The van der Waals surface area contributed by atoms with Gasteiger partial charge in [0.05, 0.1) is 29.2 Å². The van der Waals surface area contributed by atoms with Crippen molar-refractivity contribution < 1.29 is 9.53 Å². The van der Waals surface area contributed by atoms with Gasteiger partial charge in [0.1, 0.15) is 12.4 Å². The summed E-state index contributed by atoms with van der Waals surface area (Å²) in [4.78, 5) is 19.9. The molecule has 0 saturated heterocycles. The van der Waals surface area contributed by atoms with Crippen LogP contribution in [0, 0.1) is 6.92 Å². The zero-order valence-electron chi connectivity index (χ0n) is 15.4. The Bertz CT molecular complexity index is 993. The van der Waals surface area contributed by atoms with Crippen molar-refractivity contribution in [2.75, 3.05) is 11.5 Å². The van der Waals surface area contributed by atoms with Gasteiger partial charge >= 0.3 is 0 Å². The highest BCUT2D eigenvalue weighted by Crippen LogP contribution is 2.35. The predicted molar refractivity (Wildman–Crippen MR) is 101 cm³/mol. The largest absolute Gasteiger partial charge is 0.489 e. The molecule has 1 aliphatic rings. The van der Waals surface area contributed by atoms with Gasteiger partial charge in [-0.2, -0.15) is 5.10 Å². The highest BCUT2D eigenvalue weighted by Gasteiger charge is 2.31. The number of hydrogen-bond donors (Lipinski definition) is 0. The summed E-state index contributed by atoms with van der Waals surface area (Å²) < 4.78 is 7.64. The van der Waals surface area contributed by atoms with Gasteiger partial charge in [-0.1, -0.05) is 12.1 Å². The molecule has 1 aromatic carbocycles. The minimum absolute atomic E-state index is 0.0501. The van der Waals surface area contributed by atoms with E-state index in [4.69, 9.17) is 4.74 Å². The van der Waals surface area contributed by atoms with Crippen molar-refractivity contribution in [2.45, 2.75) is 39.8 Å². The number of carbonyl (C=O) groups excluding carboxylic acids is 1. The van der Waals surface area contributed by atoms with Gasteiger partial charge in [0.25, 0.3) is 5.91 Å². The normalized spacial score (nSPS) is 16.7. The van der Waals surface area contributed by atoms with E-state index in [1.165, 1.54) is 0 Å². The topological polar surface area (TPSA) is 60.2 Å². The van der Waals surface area contributed by atoms with Crippen LogP contribution in [0.5, 0.6) is 5.75 Å². The zero-order chi connectivity index (χ0) is 18.4. The van der Waals surface area contributed by atoms with E-state index in [1.54, 1.807) is 6.20 Å². The first-order valence-corrected chi connectivity index (χ1v) is 8.87. The smallest absolute Gasteiger partial charge is 0.260 e. The number of amides is 1. The van der Waals surface area contributed by atoms with Crippen LogP contribution in [0.15, 0.2) is 36.5 Å². The van der Waals surface area contributed by atoms with Crippen LogP contribution in [0.2, 0.25) is 0 Å². The molecule has 134 valence electrons. The fourth-order valence-corrected chi connectivity index (χ4v) is 3.40. The maximum atomic E-state index is 13.4. The highest BCUT2D eigenvalue weighted by atomic mass is 16.5. The minimum Gasteiger partial charge on any atom is -0.489 e. The monoisotopic (exact) mass is 350 g/mol. The van der Waals surface area contributed by atoms with Gasteiger partial charge in [-0.25, -0.2) is 9.67 Å². The Morgan fingerprint density at radius 3 is 2.85 bits per heavy atom. The molecule has 1 atom stereocenters. The fourth-order valence-electron chi connectivity index (χ4n) is 3.40. The third-order valence-electron chi connectivity index (χ3n) is 4.74. The predicted octanol–water partition coefficient (Wildman–Crippen LogP) is 3.75. The van der Waals surface area contributed by atoms with Crippen LogP contribution in [0.4, 0.5) is 5.69 Å². The van der Waals surface area contributed by atoms with E-state index in [9.17, 15) is 4.79 Å². The summed E-state index contributed by atoms with van der Waals surface area (Å²) in [6, 6.07) is 9.70. The fraction of sp³-hybridized carbons (Fsp3) is 0.350. The number of carbonyl (C=O) groups is 1. The second-order valence-corrected chi connectivity index (χ2v) is 7.02. The van der Waals surface area contributed by atoms with Crippen LogP contribution in [0.25, 0.3) is 11.0 Å². The Kier molecular flexibility index (Phi) is 3.90. The van der Waals surface area contributed by atoms with Gasteiger partial charge in [0.15, 0.2) is 5.65 Å². The average molecular weight is 350 g/mol. The second-order valence-electron chi connectivity index (χ2n) is 7.02. The van der Waals surface area contributed by atoms with Crippen LogP contribution in [-0.2, 0) is 0 Å². The zero-order valence-corrected chi connectivity index (χ0v) is 15.4. The summed E-state index contributed by atoms with van der Waals surface area (Å²) in [6.45, 7) is 8.47. The number of anilines is 1. The molecule has 26 heavy (non-hydrogen) atoms. The van der Waals surface area contributed by atoms with Crippen molar-refractivity contribution in [1.82, 2.24) is 14.8 Å². The molecule has 0 aliphatic carbocycles. The maximum absolute atomic E-state index is 13.4. The van der Waals surface area contributed by atoms with E-state index >= 15 is 0 Å². The van der Waals surface area contributed by atoms with Crippen molar-refractivity contribution in [3.63, 3.8) is 0 Å². The summed E-state index contributed by atoms with van der Waals surface area (Å²) >= 11 is 0. The van der Waals surface area contributed by atoms with Crippen molar-refractivity contribution in [3.05, 3.63) is 47.8 Å². The molecule has 6 nitrogen and oxygen atoms in total. The Balaban J connectivity index is 1.80. The summed E-state index contributed by atoms with van der Waals surface area (Å²) in [5.74, 6) is 0.677. The average Bonchev–Trinajstić information content (AvgIpc) is 3.03. The van der Waals surface area contributed by atoms with Gasteiger partial charge in [-0.05, 0) is 45.9 Å². The standard InChI is InChI=1S/C20H22N4O2/c1-12(2)24-19-15(10-21-24)9-16(14(4)22-19)20(25)23-13(3)11-26-18-8-6-5-7-17(18)23/h5-10,12-13H,11H2,1-4H3. The first-order chi connectivity index (χ1) is 12.5. The first-order valence-electron chi connectivity index (χ1n) is 8.87.